The number of nitrogens with zero attached hydrogens (tertiary/aromatic N) is 3. The Hall–Kier alpha value is -3.47. The van der Waals surface area contributed by atoms with Gasteiger partial charge in [0, 0.05) is 31.7 Å². The van der Waals surface area contributed by atoms with Crippen molar-refractivity contribution in [1.82, 2.24) is 9.80 Å². The van der Waals surface area contributed by atoms with E-state index in [0.717, 1.165) is 0 Å². The van der Waals surface area contributed by atoms with Crippen LogP contribution in [-0.2, 0) is 0 Å². The average molecular weight is 385 g/mol. The van der Waals surface area contributed by atoms with Gasteiger partial charge in [-0.05, 0) is 36.4 Å². The Morgan fingerprint density at radius 1 is 0.929 bits per heavy atom. The van der Waals surface area contributed by atoms with E-state index in [4.69, 9.17) is 5.26 Å². The fourth-order valence-electron chi connectivity index (χ4n) is 2.99. The monoisotopic (exact) mass is 385 g/mol. The lowest BCUT2D eigenvalue weighted by Gasteiger charge is -2.35. The number of benzene rings is 2. The van der Waals surface area contributed by atoms with E-state index in [2.05, 4.69) is 4.74 Å². The second-order valence-corrected chi connectivity index (χ2v) is 6.15. The Bertz CT molecular complexity index is 902. The summed E-state index contributed by atoms with van der Waals surface area (Å²) in [5.74, 6) is -0.765. The van der Waals surface area contributed by atoms with Crippen LogP contribution in [0.4, 0.5) is 8.78 Å². The standard InChI is InChI=1S/C20H17F2N3O3/c21-20(22)28-17-4-2-1-3-16(17)19(27)25-11-9-24(10-12-25)18(26)15-7-5-14(13-23)6-8-15/h1-8,20H,9-12H2. The van der Waals surface area contributed by atoms with Crippen molar-refractivity contribution in [3.8, 4) is 11.8 Å². The van der Waals surface area contributed by atoms with Crippen LogP contribution in [0.1, 0.15) is 26.3 Å². The summed E-state index contributed by atoms with van der Waals surface area (Å²) in [7, 11) is 0. The van der Waals surface area contributed by atoms with Gasteiger partial charge in [0.05, 0.1) is 17.2 Å². The zero-order valence-corrected chi connectivity index (χ0v) is 14.8. The Kier molecular flexibility index (Phi) is 5.84. The van der Waals surface area contributed by atoms with Gasteiger partial charge in [-0.1, -0.05) is 12.1 Å². The largest absolute Gasteiger partial charge is 0.434 e. The van der Waals surface area contributed by atoms with E-state index in [1.165, 1.54) is 23.1 Å². The van der Waals surface area contributed by atoms with Crippen LogP contribution in [0.2, 0.25) is 0 Å². The molecule has 8 heteroatoms. The molecule has 0 aromatic heterocycles. The van der Waals surface area contributed by atoms with E-state index in [9.17, 15) is 18.4 Å². The zero-order chi connectivity index (χ0) is 20.1. The molecule has 0 unspecified atom stereocenters. The Labute approximate surface area is 160 Å². The summed E-state index contributed by atoms with van der Waals surface area (Å²) in [6.07, 6.45) is 0. The number of hydrogen-bond acceptors (Lipinski definition) is 4. The smallest absolute Gasteiger partial charge is 0.387 e. The lowest BCUT2D eigenvalue weighted by molar-refractivity contribution is -0.0503. The van der Waals surface area contributed by atoms with E-state index in [-0.39, 0.29) is 30.3 Å². The molecule has 2 aromatic rings. The van der Waals surface area contributed by atoms with Gasteiger partial charge in [-0.25, -0.2) is 0 Å². The molecule has 1 heterocycles. The van der Waals surface area contributed by atoms with Gasteiger partial charge in [-0.15, -0.1) is 0 Å². The molecule has 6 nitrogen and oxygen atoms in total. The molecule has 2 amide bonds. The van der Waals surface area contributed by atoms with Crippen molar-refractivity contribution in [2.24, 2.45) is 0 Å². The van der Waals surface area contributed by atoms with Crippen LogP contribution in [0.15, 0.2) is 48.5 Å². The molecule has 0 spiro atoms. The number of ether oxygens (including phenoxy) is 1. The highest BCUT2D eigenvalue weighted by molar-refractivity contribution is 5.97. The number of nitriles is 1. The first-order valence-corrected chi connectivity index (χ1v) is 8.62. The Balaban J connectivity index is 1.64. The molecule has 1 aliphatic rings. The summed E-state index contributed by atoms with van der Waals surface area (Å²) in [4.78, 5) is 28.4. The van der Waals surface area contributed by atoms with Crippen LogP contribution in [0.3, 0.4) is 0 Å². The van der Waals surface area contributed by atoms with E-state index < -0.39 is 12.5 Å². The van der Waals surface area contributed by atoms with Crippen LogP contribution in [0, 0.1) is 11.3 Å². The van der Waals surface area contributed by atoms with Gasteiger partial charge >= 0.3 is 6.61 Å². The molecular formula is C20H17F2N3O3. The molecule has 0 aliphatic carbocycles. The lowest BCUT2D eigenvalue weighted by atomic mass is 10.1. The molecule has 1 saturated heterocycles. The molecular weight excluding hydrogens is 368 g/mol. The molecule has 144 valence electrons. The second kappa shape index (κ2) is 8.48. The van der Waals surface area contributed by atoms with Gasteiger partial charge in [0.25, 0.3) is 11.8 Å². The van der Waals surface area contributed by atoms with Gasteiger partial charge in [-0.3, -0.25) is 9.59 Å². The first-order valence-electron chi connectivity index (χ1n) is 8.62. The van der Waals surface area contributed by atoms with Crippen molar-refractivity contribution in [1.29, 1.82) is 5.26 Å². The van der Waals surface area contributed by atoms with Gasteiger partial charge in [0.15, 0.2) is 0 Å². The SMILES string of the molecule is N#Cc1ccc(C(=O)N2CCN(C(=O)c3ccccc3OC(F)F)CC2)cc1. The fourth-order valence-corrected chi connectivity index (χ4v) is 2.99. The molecule has 0 bridgehead atoms. The molecule has 1 aliphatic heterocycles. The van der Waals surface area contributed by atoms with Gasteiger partial charge < -0.3 is 14.5 Å². The molecule has 0 N–H and O–H groups in total. The molecule has 1 fully saturated rings. The topological polar surface area (TPSA) is 73.6 Å². The highest BCUT2D eigenvalue weighted by Crippen LogP contribution is 2.22. The van der Waals surface area contributed by atoms with E-state index >= 15 is 0 Å². The number of halogens is 2. The van der Waals surface area contributed by atoms with E-state index in [1.807, 2.05) is 6.07 Å². The average Bonchev–Trinajstić information content (AvgIpc) is 2.73. The first-order chi connectivity index (χ1) is 13.5. The summed E-state index contributed by atoms with van der Waals surface area (Å²) in [6.45, 7) is -1.81. The summed E-state index contributed by atoms with van der Waals surface area (Å²) in [5, 5.41) is 8.83. The summed E-state index contributed by atoms with van der Waals surface area (Å²) < 4.78 is 29.5. The number of carbonyl (C=O) groups is 2. The normalized spacial score (nSPS) is 13.9. The number of rotatable bonds is 4. The van der Waals surface area contributed by atoms with Crippen molar-refractivity contribution >= 4 is 11.8 Å². The van der Waals surface area contributed by atoms with Crippen molar-refractivity contribution in [3.63, 3.8) is 0 Å². The Morgan fingerprint density at radius 2 is 1.50 bits per heavy atom. The summed E-state index contributed by atoms with van der Waals surface area (Å²) in [6, 6.07) is 14.2. The van der Waals surface area contributed by atoms with Gasteiger partial charge in [0.2, 0.25) is 0 Å². The molecule has 2 aromatic carbocycles. The molecule has 3 rings (SSSR count). The maximum absolute atomic E-state index is 12.7. The van der Waals surface area contributed by atoms with E-state index in [1.54, 1.807) is 35.2 Å². The van der Waals surface area contributed by atoms with Crippen molar-refractivity contribution in [2.75, 3.05) is 26.2 Å². The zero-order valence-electron chi connectivity index (χ0n) is 14.8. The van der Waals surface area contributed by atoms with Crippen molar-refractivity contribution < 1.29 is 23.1 Å². The van der Waals surface area contributed by atoms with Crippen LogP contribution < -0.4 is 4.74 Å². The number of piperazine rings is 1. The highest BCUT2D eigenvalue weighted by Gasteiger charge is 2.27. The number of carbonyl (C=O) groups excluding carboxylic acids is 2. The molecule has 0 atom stereocenters. The summed E-state index contributed by atoms with van der Waals surface area (Å²) in [5.41, 5.74) is 1.00. The van der Waals surface area contributed by atoms with Crippen LogP contribution >= 0.6 is 0 Å². The molecule has 0 radical (unpaired) electrons. The predicted octanol–water partition coefficient (Wildman–Crippen LogP) is 2.76. The van der Waals surface area contributed by atoms with Crippen LogP contribution in [0.25, 0.3) is 0 Å². The maximum Gasteiger partial charge on any atom is 0.387 e. The number of alkyl halides is 2. The number of hydrogen-bond donors (Lipinski definition) is 0. The fraction of sp³-hybridized carbons (Fsp3) is 0.250. The third-order valence-corrected chi connectivity index (χ3v) is 4.45. The minimum atomic E-state index is -3.02. The third-order valence-electron chi connectivity index (χ3n) is 4.45. The second-order valence-electron chi connectivity index (χ2n) is 6.15. The quantitative estimate of drug-likeness (QED) is 0.811. The van der Waals surface area contributed by atoms with Crippen LogP contribution in [-0.4, -0.2) is 54.4 Å². The lowest BCUT2D eigenvalue weighted by Crippen LogP contribution is -2.50. The minimum absolute atomic E-state index is 0.0645. The Morgan fingerprint density at radius 3 is 2.07 bits per heavy atom. The molecule has 28 heavy (non-hydrogen) atoms. The van der Waals surface area contributed by atoms with Crippen molar-refractivity contribution in [3.05, 3.63) is 65.2 Å². The number of para-hydroxylation sites is 1. The predicted molar refractivity (Wildman–Crippen MR) is 96.0 cm³/mol. The van der Waals surface area contributed by atoms with E-state index in [0.29, 0.717) is 24.2 Å². The van der Waals surface area contributed by atoms with Gasteiger partial charge in [-0.2, -0.15) is 14.0 Å². The minimum Gasteiger partial charge on any atom is -0.434 e. The van der Waals surface area contributed by atoms with Crippen LogP contribution in [0.5, 0.6) is 5.75 Å². The summed E-state index contributed by atoms with van der Waals surface area (Å²) >= 11 is 0. The highest BCUT2D eigenvalue weighted by atomic mass is 19.3. The third kappa shape index (κ3) is 4.26. The van der Waals surface area contributed by atoms with Gasteiger partial charge in [0.1, 0.15) is 5.75 Å². The first kappa shape index (κ1) is 19.3. The maximum atomic E-state index is 12.7. The molecule has 0 saturated carbocycles. The van der Waals surface area contributed by atoms with Crippen molar-refractivity contribution in [2.45, 2.75) is 6.61 Å². The number of amides is 2.